The van der Waals surface area contributed by atoms with Gasteiger partial charge in [0.1, 0.15) is 18.1 Å². The van der Waals surface area contributed by atoms with Gasteiger partial charge in [0.15, 0.2) is 0 Å². The summed E-state index contributed by atoms with van der Waals surface area (Å²) in [6, 6.07) is 5.67. The van der Waals surface area contributed by atoms with Gasteiger partial charge in [-0.3, -0.25) is 14.3 Å². The molecule has 7 nitrogen and oxygen atoms in total. The first kappa shape index (κ1) is 14.8. The molecule has 0 N–H and O–H groups in total. The molecule has 3 aromatic heterocycles. The molecule has 0 amide bonds. The molecule has 0 saturated heterocycles. The summed E-state index contributed by atoms with van der Waals surface area (Å²) in [5.74, 6) is 0.688. The average Bonchev–Trinajstić information content (AvgIpc) is 2.63. The highest BCUT2D eigenvalue weighted by molar-refractivity contribution is 9.10. The van der Waals surface area contributed by atoms with Crippen LogP contribution < -0.4 is 15.0 Å². The fraction of sp³-hybridized carbons (Fsp3) is 0.125. The summed E-state index contributed by atoms with van der Waals surface area (Å²) >= 11 is 3.34. The third-order valence-electron chi connectivity index (χ3n) is 3.70. The van der Waals surface area contributed by atoms with Crippen LogP contribution in [0.2, 0.25) is 0 Å². The number of rotatable bonds is 2. The monoisotopic (exact) mass is 386 g/mol. The molecule has 0 saturated carbocycles. The minimum Gasteiger partial charge on any atom is -0.485 e. The SMILES string of the molecule is COc1ncc(-n2c3c(cc(Br)c2=O)-c2ncccc2OC3)cn1. The zero-order valence-corrected chi connectivity index (χ0v) is 14.1. The predicted molar refractivity (Wildman–Crippen MR) is 89.4 cm³/mol. The van der Waals surface area contributed by atoms with Crippen LogP contribution in [0.15, 0.2) is 46.1 Å². The molecule has 8 heteroatoms. The normalized spacial score (nSPS) is 12.1. The van der Waals surface area contributed by atoms with E-state index in [9.17, 15) is 4.79 Å². The van der Waals surface area contributed by atoms with Crippen molar-refractivity contribution in [1.29, 1.82) is 0 Å². The van der Waals surface area contributed by atoms with E-state index in [1.807, 2.05) is 12.1 Å². The van der Waals surface area contributed by atoms with Crippen LogP contribution in [-0.4, -0.2) is 26.6 Å². The number of ether oxygens (including phenoxy) is 2. The van der Waals surface area contributed by atoms with Crippen molar-refractivity contribution in [3.05, 3.63) is 57.3 Å². The van der Waals surface area contributed by atoms with Crippen LogP contribution in [0.5, 0.6) is 11.8 Å². The minimum atomic E-state index is -0.217. The number of hydrogen-bond donors (Lipinski definition) is 0. The van der Waals surface area contributed by atoms with E-state index < -0.39 is 0 Å². The van der Waals surface area contributed by atoms with Gasteiger partial charge < -0.3 is 9.47 Å². The zero-order valence-electron chi connectivity index (χ0n) is 12.6. The molecular weight excluding hydrogens is 376 g/mol. The standard InChI is InChI=1S/C16H11BrN4O3/c1-23-16-19-6-9(7-20-16)21-12-8-24-13-3-2-4-18-14(13)10(12)5-11(17)15(21)22/h2-7H,8H2,1H3. The number of nitrogens with zero attached hydrogens (tertiary/aromatic N) is 4. The summed E-state index contributed by atoms with van der Waals surface area (Å²) in [5.41, 5.74) is 2.54. The molecule has 4 heterocycles. The molecule has 0 spiro atoms. The van der Waals surface area contributed by atoms with Crippen molar-refractivity contribution in [2.45, 2.75) is 6.61 Å². The fourth-order valence-corrected chi connectivity index (χ4v) is 3.03. The van der Waals surface area contributed by atoms with E-state index in [4.69, 9.17) is 9.47 Å². The molecule has 1 aliphatic rings. The molecule has 1 aliphatic heterocycles. The molecule has 0 aliphatic carbocycles. The first-order valence-corrected chi connectivity index (χ1v) is 7.87. The van der Waals surface area contributed by atoms with Crippen LogP contribution in [-0.2, 0) is 6.61 Å². The molecule has 24 heavy (non-hydrogen) atoms. The van der Waals surface area contributed by atoms with Crippen LogP contribution in [0.3, 0.4) is 0 Å². The van der Waals surface area contributed by atoms with Crippen molar-refractivity contribution in [3.63, 3.8) is 0 Å². The summed E-state index contributed by atoms with van der Waals surface area (Å²) in [5, 5.41) is 0. The van der Waals surface area contributed by atoms with Crippen LogP contribution in [0.4, 0.5) is 0 Å². The molecular formula is C16H11BrN4O3. The van der Waals surface area contributed by atoms with Gasteiger partial charge in [0.25, 0.3) is 5.56 Å². The van der Waals surface area contributed by atoms with Crippen LogP contribution in [0.25, 0.3) is 16.9 Å². The Hall–Kier alpha value is -2.74. The van der Waals surface area contributed by atoms with Crippen molar-refractivity contribution in [2.75, 3.05) is 7.11 Å². The van der Waals surface area contributed by atoms with E-state index in [0.717, 1.165) is 5.56 Å². The number of aromatic nitrogens is 4. The second-order valence-electron chi connectivity index (χ2n) is 5.06. The lowest BCUT2D eigenvalue weighted by atomic mass is 10.1. The quantitative estimate of drug-likeness (QED) is 0.672. The highest BCUT2D eigenvalue weighted by atomic mass is 79.9. The summed E-state index contributed by atoms with van der Waals surface area (Å²) < 4.78 is 12.7. The van der Waals surface area contributed by atoms with E-state index in [1.54, 1.807) is 12.3 Å². The van der Waals surface area contributed by atoms with Crippen LogP contribution >= 0.6 is 15.9 Å². The number of fused-ring (bicyclic) bond motifs is 3. The third-order valence-corrected chi connectivity index (χ3v) is 4.27. The molecule has 0 unspecified atom stereocenters. The number of pyridine rings is 2. The first-order chi connectivity index (χ1) is 11.7. The molecule has 3 aromatic rings. The fourth-order valence-electron chi connectivity index (χ4n) is 2.63. The topological polar surface area (TPSA) is 79.1 Å². The predicted octanol–water partition coefficient (Wildman–Crippen LogP) is 2.35. The van der Waals surface area contributed by atoms with Gasteiger partial charge >= 0.3 is 6.01 Å². The molecule has 0 bridgehead atoms. The van der Waals surface area contributed by atoms with Crippen molar-refractivity contribution in [2.24, 2.45) is 0 Å². The minimum absolute atomic E-state index is 0.217. The summed E-state index contributed by atoms with van der Waals surface area (Å²) in [4.78, 5) is 25.2. The lowest BCUT2D eigenvalue weighted by Gasteiger charge is -2.23. The second kappa shape index (κ2) is 5.72. The van der Waals surface area contributed by atoms with Gasteiger partial charge in [0, 0.05) is 11.8 Å². The van der Waals surface area contributed by atoms with E-state index in [-0.39, 0.29) is 18.2 Å². The Morgan fingerprint density at radius 2 is 2.08 bits per heavy atom. The lowest BCUT2D eigenvalue weighted by Crippen LogP contribution is -2.26. The Morgan fingerprint density at radius 3 is 2.83 bits per heavy atom. The highest BCUT2D eigenvalue weighted by Gasteiger charge is 2.24. The lowest BCUT2D eigenvalue weighted by molar-refractivity contribution is 0.291. The maximum atomic E-state index is 12.7. The van der Waals surface area contributed by atoms with E-state index in [2.05, 4.69) is 30.9 Å². The zero-order chi connectivity index (χ0) is 16.7. The van der Waals surface area contributed by atoms with Gasteiger partial charge in [-0.25, -0.2) is 9.97 Å². The Balaban J connectivity index is 1.99. The molecule has 0 radical (unpaired) electrons. The summed E-state index contributed by atoms with van der Waals surface area (Å²) in [6.45, 7) is 0.253. The Kier molecular flexibility index (Phi) is 3.53. The highest BCUT2D eigenvalue weighted by Crippen LogP contribution is 2.36. The van der Waals surface area contributed by atoms with E-state index in [0.29, 0.717) is 27.3 Å². The molecule has 0 aromatic carbocycles. The second-order valence-corrected chi connectivity index (χ2v) is 5.91. The largest absolute Gasteiger partial charge is 0.485 e. The average molecular weight is 387 g/mol. The van der Waals surface area contributed by atoms with Gasteiger partial charge in [-0.1, -0.05) is 0 Å². The number of halogens is 1. The van der Waals surface area contributed by atoms with Gasteiger partial charge in [-0.15, -0.1) is 0 Å². The molecule has 120 valence electrons. The maximum Gasteiger partial charge on any atom is 0.316 e. The van der Waals surface area contributed by atoms with Crippen molar-refractivity contribution >= 4 is 15.9 Å². The third kappa shape index (κ3) is 2.26. The van der Waals surface area contributed by atoms with Gasteiger partial charge in [-0.05, 0) is 34.1 Å². The van der Waals surface area contributed by atoms with Crippen molar-refractivity contribution in [3.8, 4) is 28.7 Å². The summed E-state index contributed by atoms with van der Waals surface area (Å²) in [7, 11) is 1.48. The van der Waals surface area contributed by atoms with Crippen LogP contribution in [0.1, 0.15) is 5.69 Å². The maximum absolute atomic E-state index is 12.7. The Labute approximate surface area is 145 Å². The van der Waals surface area contributed by atoms with Gasteiger partial charge in [0.05, 0.1) is 35.4 Å². The van der Waals surface area contributed by atoms with E-state index >= 15 is 0 Å². The van der Waals surface area contributed by atoms with Gasteiger partial charge in [0.2, 0.25) is 0 Å². The number of methoxy groups -OCH3 is 1. The Bertz CT molecular complexity index is 986. The first-order valence-electron chi connectivity index (χ1n) is 7.08. The van der Waals surface area contributed by atoms with Crippen molar-refractivity contribution < 1.29 is 9.47 Å². The van der Waals surface area contributed by atoms with Gasteiger partial charge in [-0.2, -0.15) is 0 Å². The number of hydrogen-bond acceptors (Lipinski definition) is 6. The summed E-state index contributed by atoms with van der Waals surface area (Å²) in [6.07, 6.45) is 4.76. The molecule has 4 rings (SSSR count). The van der Waals surface area contributed by atoms with Crippen LogP contribution in [0, 0.1) is 0 Å². The molecule has 0 fully saturated rings. The Morgan fingerprint density at radius 1 is 1.29 bits per heavy atom. The molecule has 0 atom stereocenters. The van der Waals surface area contributed by atoms with E-state index in [1.165, 1.54) is 24.1 Å². The van der Waals surface area contributed by atoms with Crippen molar-refractivity contribution in [1.82, 2.24) is 19.5 Å². The smallest absolute Gasteiger partial charge is 0.316 e.